The van der Waals surface area contributed by atoms with Crippen LogP contribution in [0.2, 0.25) is 0 Å². The molecule has 0 saturated carbocycles. The quantitative estimate of drug-likeness (QED) is 0.713. The molecule has 2 rings (SSSR count). The molecule has 2 aromatic rings. The molecule has 3 nitrogen and oxygen atoms in total. The number of aromatic nitrogens is 1. The van der Waals surface area contributed by atoms with Crippen molar-refractivity contribution in [3.63, 3.8) is 0 Å². The monoisotopic (exact) mass is 288 g/mol. The summed E-state index contributed by atoms with van der Waals surface area (Å²) < 4.78 is 8.02. The lowest BCUT2D eigenvalue weighted by Gasteiger charge is -2.09. The van der Waals surface area contributed by atoms with Crippen LogP contribution < -0.4 is 5.32 Å². The molecule has 1 heterocycles. The largest absolute Gasteiger partial charge is 0.377 e. The van der Waals surface area contributed by atoms with Gasteiger partial charge < -0.3 is 14.6 Å². The van der Waals surface area contributed by atoms with Crippen molar-refractivity contribution in [2.45, 2.75) is 46.3 Å². The summed E-state index contributed by atoms with van der Waals surface area (Å²) in [5.74, 6) is 0. The van der Waals surface area contributed by atoms with Gasteiger partial charge in [-0.05, 0) is 51.4 Å². The Morgan fingerprint density at radius 1 is 1.24 bits per heavy atom. The summed E-state index contributed by atoms with van der Waals surface area (Å²) in [6.07, 6.45) is 4.92. The third kappa shape index (κ3) is 4.58. The van der Waals surface area contributed by atoms with E-state index in [9.17, 15) is 0 Å². The van der Waals surface area contributed by atoms with Crippen LogP contribution in [0.15, 0.2) is 30.5 Å². The molecule has 21 heavy (non-hydrogen) atoms. The van der Waals surface area contributed by atoms with Gasteiger partial charge in [-0.2, -0.15) is 0 Å². The van der Waals surface area contributed by atoms with Crippen LogP contribution in [-0.4, -0.2) is 30.4 Å². The molecule has 0 aliphatic rings. The summed E-state index contributed by atoms with van der Waals surface area (Å²) in [6, 6.07) is 8.69. The Bertz CT molecular complexity index is 545. The highest BCUT2D eigenvalue weighted by Gasteiger charge is 2.07. The molecule has 0 aliphatic heterocycles. The summed E-state index contributed by atoms with van der Waals surface area (Å²) in [7, 11) is 0. The predicted molar refractivity (Wildman–Crippen MR) is 89.9 cm³/mol. The number of para-hydroxylation sites is 1. The van der Waals surface area contributed by atoms with Crippen molar-refractivity contribution in [1.29, 1.82) is 0 Å². The minimum Gasteiger partial charge on any atom is -0.377 e. The molecule has 3 heteroatoms. The van der Waals surface area contributed by atoms with Gasteiger partial charge >= 0.3 is 0 Å². The molecule has 1 aromatic heterocycles. The van der Waals surface area contributed by atoms with Crippen LogP contribution in [0.3, 0.4) is 0 Å². The maximum Gasteiger partial charge on any atom is 0.0649 e. The number of nitrogens with zero attached hydrogens (tertiary/aromatic N) is 1. The first-order chi connectivity index (χ1) is 10.2. The van der Waals surface area contributed by atoms with Crippen LogP contribution in [0.25, 0.3) is 10.9 Å². The van der Waals surface area contributed by atoms with E-state index in [0.717, 1.165) is 32.7 Å². The Kier molecular flexibility index (Phi) is 6.27. The Hall–Kier alpha value is -1.32. The Balaban J connectivity index is 2.06. The number of benzene rings is 1. The fourth-order valence-electron chi connectivity index (χ4n) is 2.67. The van der Waals surface area contributed by atoms with Gasteiger partial charge in [-0.15, -0.1) is 0 Å². The minimum atomic E-state index is 0.298. The molecule has 0 unspecified atom stereocenters. The van der Waals surface area contributed by atoms with Crippen molar-refractivity contribution in [3.05, 3.63) is 36.0 Å². The highest BCUT2D eigenvalue weighted by Crippen LogP contribution is 2.22. The second-order valence-corrected chi connectivity index (χ2v) is 5.74. The van der Waals surface area contributed by atoms with Crippen LogP contribution in [0, 0.1) is 0 Å². The number of hydrogen-bond donors (Lipinski definition) is 1. The lowest BCUT2D eigenvalue weighted by molar-refractivity contribution is 0.0733. The molecule has 0 atom stereocenters. The van der Waals surface area contributed by atoms with Gasteiger partial charge in [0.2, 0.25) is 0 Å². The van der Waals surface area contributed by atoms with Crippen LogP contribution in [0.5, 0.6) is 0 Å². The van der Waals surface area contributed by atoms with Crippen molar-refractivity contribution in [2.24, 2.45) is 0 Å². The molecule has 0 saturated heterocycles. The molecule has 0 fully saturated rings. The smallest absolute Gasteiger partial charge is 0.0649 e. The van der Waals surface area contributed by atoms with Gasteiger partial charge in [0.25, 0.3) is 0 Å². The number of ether oxygens (including phenoxy) is 1. The van der Waals surface area contributed by atoms with Crippen LogP contribution >= 0.6 is 0 Å². The lowest BCUT2D eigenvalue weighted by Crippen LogP contribution is -2.14. The van der Waals surface area contributed by atoms with Crippen molar-refractivity contribution in [3.8, 4) is 0 Å². The first kappa shape index (κ1) is 16.1. The van der Waals surface area contributed by atoms with Crippen LogP contribution in [0.1, 0.15) is 32.8 Å². The molecule has 1 aromatic carbocycles. The van der Waals surface area contributed by atoms with Gasteiger partial charge in [-0.3, -0.25) is 0 Å². The molecule has 0 amide bonds. The number of rotatable bonds is 9. The molecule has 1 N–H and O–H groups in total. The predicted octanol–water partition coefficient (Wildman–Crippen LogP) is 3.61. The molecule has 0 spiro atoms. The first-order valence-electron chi connectivity index (χ1n) is 8.11. The van der Waals surface area contributed by atoms with Crippen molar-refractivity contribution in [1.82, 2.24) is 9.88 Å². The zero-order valence-electron chi connectivity index (χ0n) is 13.6. The molecule has 0 radical (unpaired) electrons. The van der Waals surface area contributed by atoms with E-state index in [4.69, 9.17) is 4.74 Å². The van der Waals surface area contributed by atoms with Gasteiger partial charge in [-0.25, -0.2) is 0 Å². The molecule has 0 bridgehead atoms. The van der Waals surface area contributed by atoms with Crippen molar-refractivity contribution < 1.29 is 4.74 Å². The zero-order valence-corrected chi connectivity index (χ0v) is 13.6. The Morgan fingerprint density at radius 2 is 2.05 bits per heavy atom. The molecule has 0 aliphatic carbocycles. The van der Waals surface area contributed by atoms with Gasteiger partial charge in [0, 0.05) is 23.6 Å². The third-order valence-electron chi connectivity index (χ3n) is 3.70. The third-order valence-corrected chi connectivity index (χ3v) is 3.70. The normalized spacial score (nSPS) is 11.6. The summed E-state index contributed by atoms with van der Waals surface area (Å²) in [4.78, 5) is 0. The van der Waals surface area contributed by atoms with Gasteiger partial charge in [0.05, 0.1) is 12.7 Å². The average Bonchev–Trinajstić information content (AvgIpc) is 2.82. The molecular weight excluding hydrogens is 260 g/mol. The van der Waals surface area contributed by atoms with Crippen molar-refractivity contribution in [2.75, 3.05) is 19.7 Å². The van der Waals surface area contributed by atoms with Gasteiger partial charge in [0.15, 0.2) is 0 Å². The highest BCUT2D eigenvalue weighted by molar-refractivity contribution is 5.83. The molecular formula is C18H28N2O. The summed E-state index contributed by atoms with van der Waals surface area (Å²) in [5, 5.41) is 4.78. The van der Waals surface area contributed by atoms with Crippen LogP contribution in [-0.2, 0) is 17.7 Å². The Morgan fingerprint density at radius 3 is 2.81 bits per heavy atom. The SMILES string of the molecule is CCNCCCc1cn(CCOC(C)C)c2ccccc12. The van der Waals surface area contributed by atoms with E-state index in [1.165, 1.54) is 22.9 Å². The fraction of sp³-hybridized carbons (Fsp3) is 0.556. The van der Waals surface area contributed by atoms with Crippen molar-refractivity contribution >= 4 is 10.9 Å². The van der Waals surface area contributed by atoms with Gasteiger partial charge in [0.1, 0.15) is 0 Å². The summed E-state index contributed by atoms with van der Waals surface area (Å²) >= 11 is 0. The van der Waals surface area contributed by atoms with Gasteiger partial charge in [-0.1, -0.05) is 25.1 Å². The van der Waals surface area contributed by atoms with E-state index >= 15 is 0 Å². The van der Waals surface area contributed by atoms with E-state index in [1.54, 1.807) is 0 Å². The first-order valence-corrected chi connectivity index (χ1v) is 8.11. The number of aryl methyl sites for hydroxylation is 1. The summed E-state index contributed by atoms with van der Waals surface area (Å²) in [5.41, 5.74) is 2.77. The number of nitrogens with one attached hydrogen (secondary N) is 1. The number of fused-ring (bicyclic) bond motifs is 1. The van der Waals surface area contributed by atoms with E-state index in [-0.39, 0.29) is 0 Å². The maximum atomic E-state index is 5.69. The topological polar surface area (TPSA) is 26.2 Å². The fourth-order valence-corrected chi connectivity index (χ4v) is 2.67. The summed E-state index contributed by atoms with van der Waals surface area (Å²) in [6.45, 7) is 10.2. The van der Waals surface area contributed by atoms with Crippen LogP contribution in [0.4, 0.5) is 0 Å². The Labute approximate surface area is 128 Å². The highest BCUT2D eigenvalue weighted by atomic mass is 16.5. The van der Waals surface area contributed by atoms with E-state index in [1.807, 2.05) is 0 Å². The zero-order chi connectivity index (χ0) is 15.1. The van der Waals surface area contributed by atoms with E-state index < -0.39 is 0 Å². The molecule has 116 valence electrons. The minimum absolute atomic E-state index is 0.298. The second kappa shape index (κ2) is 8.20. The second-order valence-electron chi connectivity index (χ2n) is 5.74. The average molecular weight is 288 g/mol. The van der Waals surface area contributed by atoms with E-state index in [0.29, 0.717) is 6.10 Å². The maximum absolute atomic E-state index is 5.69. The standard InChI is InChI=1S/C18H28N2O/c1-4-19-11-7-8-16-14-20(12-13-21-15(2)3)18-10-6-5-9-17(16)18/h5-6,9-10,14-15,19H,4,7-8,11-13H2,1-3H3. The van der Waals surface area contributed by atoms with E-state index in [2.05, 4.69) is 61.1 Å². The number of hydrogen-bond acceptors (Lipinski definition) is 2. The lowest BCUT2D eigenvalue weighted by atomic mass is 10.1.